The maximum absolute atomic E-state index is 5.46. The molecule has 0 radical (unpaired) electrons. The van der Waals surface area contributed by atoms with Gasteiger partial charge in [0.25, 0.3) is 0 Å². The Balaban J connectivity index is 1.81. The summed E-state index contributed by atoms with van der Waals surface area (Å²) in [6.07, 6.45) is 1.57. The highest BCUT2D eigenvalue weighted by molar-refractivity contribution is 7.17. The van der Waals surface area contributed by atoms with E-state index in [4.69, 9.17) is 14.2 Å². The highest BCUT2D eigenvalue weighted by atomic mass is 32.1. The highest BCUT2D eigenvalue weighted by Crippen LogP contribution is 2.40. The van der Waals surface area contributed by atoms with Crippen molar-refractivity contribution in [2.75, 3.05) is 26.6 Å². The molecule has 0 bridgehead atoms. The number of benzene rings is 2. The number of hydrogen-bond acceptors (Lipinski definition) is 7. The van der Waals surface area contributed by atoms with Crippen molar-refractivity contribution in [1.82, 2.24) is 9.97 Å². The lowest BCUT2D eigenvalue weighted by Gasteiger charge is -2.11. The van der Waals surface area contributed by atoms with E-state index in [2.05, 4.69) is 20.7 Å². The van der Waals surface area contributed by atoms with Crippen LogP contribution in [0.15, 0.2) is 54.2 Å². The van der Waals surface area contributed by atoms with Gasteiger partial charge in [0.1, 0.15) is 22.7 Å². The van der Waals surface area contributed by atoms with Crippen LogP contribution >= 0.6 is 11.3 Å². The van der Waals surface area contributed by atoms with E-state index in [-0.39, 0.29) is 0 Å². The number of thiophene rings is 1. The average molecular weight is 393 g/mol. The molecule has 0 spiro atoms. The molecule has 0 aliphatic heterocycles. The molecule has 28 heavy (non-hydrogen) atoms. The van der Waals surface area contributed by atoms with E-state index in [1.807, 2.05) is 42.5 Å². The SMILES string of the molecule is COc1cccc(Nc2ncnc3scc(-c4ccc(OC)c(OC)c4)c23)c1. The second kappa shape index (κ2) is 7.74. The summed E-state index contributed by atoms with van der Waals surface area (Å²) in [7, 11) is 4.91. The predicted octanol–water partition coefficient (Wildman–Crippen LogP) is 5.13. The first-order valence-electron chi connectivity index (χ1n) is 8.59. The number of hydrogen-bond donors (Lipinski definition) is 1. The topological polar surface area (TPSA) is 65.5 Å². The van der Waals surface area contributed by atoms with Gasteiger partial charge in [-0.3, -0.25) is 0 Å². The Labute approximate surface area is 166 Å². The van der Waals surface area contributed by atoms with Gasteiger partial charge in [-0.1, -0.05) is 12.1 Å². The lowest BCUT2D eigenvalue weighted by molar-refractivity contribution is 0.355. The van der Waals surface area contributed by atoms with Gasteiger partial charge in [-0.25, -0.2) is 9.97 Å². The standard InChI is InChI=1S/C21H19N3O3S/c1-25-15-6-4-5-14(10-15)24-20-19-16(11-28-21(19)23-12-22-20)13-7-8-17(26-2)18(9-13)27-3/h4-12H,1-3H3,(H,22,23,24). The van der Waals surface area contributed by atoms with Crippen molar-refractivity contribution in [2.24, 2.45) is 0 Å². The molecule has 7 heteroatoms. The van der Waals surface area contributed by atoms with E-state index in [1.165, 1.54) is 0 Å². The van der Waals surface area contributed by atoms with Gasteiger partial charge in [0.05, 0.1) is 26.7 Å². The van der Waals surface area contributed by atoms with Crippen molar-refractivity contribution in [1.29, 1.82) is 0 Å². The highest BCUT2D eigenvalue weighted by Gasteiger charge is 2.15. The Morgan fingerprint density at radius 2 is 1.75 bits per heavy atom. The van der Waals surface area contributed by atoms with Crippen molar-refractivity contribution in [3.8, 4) is 28.4 Å². The molecule has 2 aromatic heterocycles. The second-order valence-corrected chi connectivity index (χ2v) is 6.84. The molecule has 0 saturated heterocycles. The van der Waals surface area contributed by atoms with Gasteiger partial charge in [-0.2, -0.15) is 0 Å². The molecule has 4 aromatic rings. The molecule has 142 valence electrons. The number of aromatic nitrogens is 2. The fraction of sp³-hybridized carbons (Fsp3) is 0.143. The fourth-order valence-electron chi connectivity index (χ4n) is 3.02. The van der Waals surface area contributed by atoms with Gasteiger partial charge >= 0.3 is 0 Å². The molecule has 0 fully saturated rings. The van der Waals surface area contributed by atoms with Crippen LogP contribution in [-0.4, -0.2) is 31.3 Å². The third kappa shape index (κ3) is 3.32. The summed E-state index contributed by atoms with van der Waals surface area (Å²) in [6.45, 7) is 0. The van der Waals surface area contributed by atoms with E-state index < -0.39 is 0 Å². The number of anilines is 2. The smallest absolute Gasteiger partial charge is 0.161 e. The largest absolute Gasteiger partial charge is 0.497 e. The minimum absolute atomic E-state index is 0.679. The summed E-state index contributed by atoms with van der Waals surface area (Å²) in [5.74, 6) is 2.89. The van der Waals surface area contributed by atoms with Gasteiger partial charge in [-0.05, 0) is 29.8 Å². The number of nitrogens with one attached hydrogen (secondary N) is 1. The van der Waals surface area contributed by atoms with Crippen LogP contribution in [0.3, 0.4) is 0 Å². The number of methoxy groups -OCH3 is 3. The average Bonchev–Trinajstić information content (AvgIpc) is 3.18. The van der Waals surface area contributed by atoms with Crippen LogP contribution in [0, 0.1) is 0 Å². The fourth-order valence-corrected chi connectivity index (χ4v) is 3.94. The maximum atomic E-state index is 5.46. The monoisotopic (exact) mass is 393 g/mol. The minimum Gasteiger partial charge on any atom is -0.497 e. The Morgan fingerprint density at radius 3 is 2.54 bits per heavy atom. The van der Waals surface area contributed by atoms with Gasteiger partial charge in [0.15, 0.2) is 11.5 Å². The first kappa shape index (κ1) is 18.1. The van der Waals surface area contributed by atoms with Crippen molar-refractivity contribution in [3.05, 3.63) is 54.2 Å². The quantitative estimate of drug-likeness (QED) is 0.490. The Morgan fingerprint density at radius 1 is 0.893 bits per heavy atom. The van der Waals surface area contributed by atoms with E-state index in [1.54, 1.807) is 39.0 Å². The van der Waals surface area contributed by atoms with E-state index >= 15 is 0 Å². The normalized spacial score (nSPS) is 10.7. The van der Waals surface area contributed by atoms with E-state index in [9.17, 15) is 0 Å². The van der Waals surface area contributed by atoms with Gasteiger partial charge in [-0.15, -0.1) is 11.3 Å². The Bertz CT molecular complexity index is 1130. The van der Waals surface area contributed by atoms with Gasteiger partial charge < -0.3 is 19.5 Å². The molecule has 6 nitrogen and oxygen atoms in total. The maximum Gasteiger partial charge on any atom is 0.161 e. The summed E-state index contributed by atoms with van der Waals surface area (Å²) in [5, 5.41) is 6.43. The summed E-state index contributed by atoms with van der Waals surface area (Å²) in [6, 6.07) is 13.6. The first-order valence-corrected chi connectivity index (χ1v) is 9.47. The predicted molar refractivity (Wildman–Crippen MR) is 112 cm³/mol. The van der Waals surface area contributed by atoms with Crippen LogP contribution in [0.5, 0.6) is 17.2 Å². The molecular formula is C21H19N3O3S. The zero-order valence-corrected chi connectivity index (χ0v) is 16.5. The van der Waals surface area contributed by atoms with Crippen LogP contribution in [0.4, 0.5) is 11.5 Å². The first-order chi connectivity index (χ1) is 13.7. The summed E-state index contributed by atoms with van der Waals surface area (Å²) in [4.78, 5) is 9.81. The molecular weight excluding hydrogens is 374 g/mol. The van der Waals surface area contributed by atoms with Crippen molar-refractivity contribution in [3.63, 3.8) is 0 Å². The number of rotatable bonds is 6. The lowest BCUT2D eigenvalue weighted by Crippen LogP contribution is -1.96. The molecule has 4 rings (SSSR count). The summed E-state index contributed by atoms with van der Waals surface area (Å²) < 4.78 is 16.1. The number of ether oxygens (including phenoxy) is 3. The van der Waals surface area contributed by atoms with E-state index in [0.717, 1.165) is 38.6 Å². The van der Waals surface area contributed by atoms with Crippen LogP contribution in [0.25, 0.3) is 21.3 Å². The zero-order chi connectivity index (χ0) is 19.5. The van der Waals surface area contributed by atoms with Crippen LogP contribution < -0.4 is 19.5 Å². The summed E-state index contributed by atoms with van der Waals surface area (Å²) >= 11 is 1.58. The second-order valence-electron chi connectivity index (χ2n) is 5.98. The Kier molecular flexibility index (Phi) is 4.99. The van der Waals surface area contributed by atoms with Gasteiger partial charge in [0, 0.05) is 22.7 Å². The molecule has 0 aliphatic carbocycles. The lowest BCUT2D eigenvalue weighted by atomic mass is 10.1. The minimum atomic E-state index is 0.679. The third-order valence-corrected chi connectivity index (χ3v) is 5.28. The zero-order valence-electron chi connectivity index (χ0n) is 15.7. The molecule has 0 atom stereocenters. The molecule has 0 aliphatic rings. The molecule has 0 unspecified atom stereocenters. The van der Waals surface area contributed by atoms with Crippen LogP contribution in [0.2, 0.25) is 0 Å². The van der Waals surface area contributed by atoms with Crippen molar-refractivity contribution in [2.45, 2.75) is 0 Å². The van der Waals surface area contributed by atoms with Crippen molar-refractivity contribution >= 4 is 33.1 Å². The van der Waals surface area contributed by atoms with E-state index in [0.29, 0.717) is 11.5 Å². The third-order valence-electron chi connectivity index (χ3n) is 4.40. The number of fused-ring (bicyclic) bond motifs is 1. The van der Waals surface area contributed by atoms with Crippen LogP contribution in [-0.2, 0) is 0 Å². The summed E-state index contributed by atoms with van der Waals surface area (Å²) in [5.41, 5.74) is 2.93. The van der Waals surface area contributed by atoms with Gasteiger partial charge in [0.2, 0.25) is 0 Å². The molecule has 0 amide bonds. The number of nitrogens with zero attached hydrogens (tertiary/aromatic N) is 2. The Hall–Kier alpha value is -3.32. The molecule has 2 aromatic carbocycles. The van der Waals surface area contributed by atoms with Crippen LogP contribution in [0.1, 0.15) is 0 Å². The molecule has 0 saturated carbocycles. The van der Waals surface area contributed by atoms with Crippen molar-refractivity contribution < 1.29 is 14.2 Å². The molecule has 1 N–H and O–H groups in total. The molecule has 2 heterocycles.